The second-order valence-corrected chi connectivity index (χ2v) is 9.18. The van der Waals surface area contributed by atoms with E-state index in [-0.39, 0.29) is 16.9 Å². The van der Waals surface area contributed by atoms with Crippen LogP contribution in [0.1, 0.15) is 31.9 Å². The number of Topliss-reactive ketones (excluding diaryl/α,β-unsaturated/α-hetero) is 1. The molecule has 0 radical (unpaired) electrons. The molecule has 1 aromatic heterocycles. The smallest absolute Gasteiger partial charge is 0.269 e. The number of benzene rings is 1. The van der Waals surface area contributed by atoms with Crippen molar-refractivity contribution in [1.82, 2.24) is 9.47 Å². The second-order valence-electron chi connectivity index (χ2n) is 8.15. The third-order valence-electron chi connectivity index (χ3n) is 4.29. The number of ketones is 1. The Bertz CT molecular complexity index is 1080. The number of thiazole rings is 1. The maximum absolute atomic E-state index is 13.1. The summed E-state index contributed by atoms with van der Waals surface area (Å²) >= 11 is 1.21. The van der Waals surface area contributed by atoms with Crippen molar-refractivity contribution in [2.45, 2.75) is 34.2 Å². The minimum Gasteiger partial charge on any atom is -0.308 e. The predicted octanol–water partition coefficient (Wildman–Crippen LogP) is 1.90. The molecule has 0 saturated carbocycles. The summed E-state index contributed by atoms with van der Waals surface area (Å²) in [6.45, 7) is 8.40. The maximum atomic E-state index is 13.1. The average molecular weight is 398 g/mol. The standard InChI is InChI=1S/C22H27N3O2S/c1-15-7-9-16(10-8-15)13-18-20(27)25(12-11-24(5)6)21(28-18)17(14-23)19(26)22(2,3)4/h7-10,13H,11-12H2,1-6H3. The third kappa shape index (κ3) is 5.06. The van der Waals surface area contributed by atoms with Gasteiger partial charge in [0.05, 0.1) is 4.53 Å². The molecule has 0 aliphatic carbocycles. The topological polar surface area (TPSA) is 66.1 Å². The Hall–Kier alpha value is -2.49. The highest BCUT2D eigenvalue weighted by molar-refractivity contribution is 7.07. The first-order chi connectivity index (χ1) is 13.0. The summed E-state index contributed by atoms with van der Waals surface area (Å²) in [6.07, 6.45) is 1.82. The molecule has 0 aliphatic heterocycles. The molecule has 6 heteroatoms. The quantitative estimate of drug-likeness (QED) is 0.773. The number of hydrogen-bond donors (Lipinski definition) is 0. The lowest BCUT2D eigenvalue weighted by molar-refractivity contribution is -0.120. The lowest BCUT2D eigenvalue weighted by atomic mass is 9.87. The number of hydrogen-bond acceptors (Lipinski definition) is 5. The molecule has 0 aliphatic rings. The van der Waals surface area contributed by atoms with E-state index in [1.807, 2.05) is 56.3 Å². The molecule has 1 aromatic carbocycles. The minimum absolute atomic E-state index is 0.0527. The van der Waals surface area contributed by atoms with Crippen molar-refractivity contribution in [2.24, 2.45) is 5.41 Å². The fourth-order valence-corrected chi connectivity index (χ4v) is 3.72. The summed E-state index contributed by atoms with van der Waals surface area (Å²) in [6, 6.07) is 9.93. The van der Waals surface area contributed by atoms with Crippen molar-refractivity contribution < 1.29 is 4.79 Å². The average Bonchev–Trinajstić information content (AvgIpc) is 2.90. The normalized spacial score (nSPS) is 13.6. The van der Waals surface area contributed by atoms with Crippen molar-refractivity contribution in [1.29, 1.82) is 5.26 Å². The molecule has 28 heavy (non-hydrogen) atoms. The van der Waals surface area contributed by atoms with Crippen LogP contribution in [-0.4, -0.2) is 35.9 Å². The summed E-state index contributed by atoms with van der Waals surface area (Å²) in [5.74, 6) is -0.253. The van der Waals surface area contributed by atoms with Gasteiger partial charge in [-0.25, -0.2) is 0 Å². The molecular formula is C22H27N3O2S. The first kappa shape index (κ1) is 21.8. The highest BCUT2D eigenvalue weighted by atomic mass is 32.1. The van der Waals surface area contributed by atoms with Crippen LogP contribution in [0.5, 0.6) is 0 Å². The van der Waals surface area contributed by atoms with Crippen molar-refractivity contribution in [3.05, 3.63) is 54.9 Å². The molecule has 148 valence electrons. The number of nitrogens with zero attached hydrogens (tertiary/aromatic N) is 3. The monoisotopic (exact) mass is 397 g/mol. The van der Waals surface area contributed by atoms with Gasteiger partial charge in [-0.1, -0.05) is 50.6 Å². The van der Waals surface area contributed by atoms with Crippen LogP contribution in [0.3, 0.4) is 0 Å². The predicted molar refractivity (Wildman–Crippen MR) is 115 cm³/mol. The van der Waals surface area contributed by atoms with E-state index in [1.165, 1.54) is 11.3 Å². The first-order valence-corrected chi connectivity index (χ1v) is 9.98. The van der Waals surface area contributed by atoms with Crippen molar-refractivity contribution in [2.75, 3.05) is 20.6 Å². The van der Waals surface area contributed by atoms with Gasteiger partial charge in [-0.2, -0.15) is 5.26 Å². The van der Waals surface area contributed by atoms with Gasteiger partial charge in [0.25, 0.3) is 5.56 Å². The Morgan fingerprint density at radius 1 is 1.25 bits per heavy atom. The molecule has 0 saturated heterocycles. The van der Waals surface area contributed by atoms with E-state index in [0.717, 1.165) is 11.1 Å². The molecule has 0 amide bonds. The molecule has 0 N–H and O–H groups in total. The molecule has 0 atom stereocenters. The van der Waals surface area contributed by atoms with Gasteiger partial charge in [-0.15, -0.1) is 11.3 Å². The SMILES string of the molecule is Cc1ccc(C=c2sc(=C(C#N)C(=O)C(C)(C)C)n(CCN(C)C)c2=O)cc1. The highest BCUT2D eigenvalue weighted by Gasteiger charge is 2.27. The van der Waals surface area contributed by atoms with Crippen molar-refractivity contribution in [3.63, 3.8) is 0 Å². The number of carbonyl (C=O) groups excluding carboxylic acids is 1. The molecular weight excluding hydrogens is 370 g/mol. The van der Waals surface area contributed by atoms with Gasteiger partial charge in [0.2, 0.25) is 0 Å². The van der Waals surface area contributed by atoms with Gasteiger partial charge in [0.1, 0.15) is 16.3 Å². The van der Waals surface area contributed by atoms with Gasteiger partial charge < -0.3 is 4.90 Å². The molecule has 1 heterocycles. The van der Waals surface area contributed by atoms with Crippen LogP contribution in [0.25, 0.3) is 11.6 Å². The lowest BCUT2D eigenvalue weighted by Gasteiger charge is -2.15. The minimum atomic E-state index is -0.696. The number of nitriles is 1. The van der Waals surface area contributed by atoms with Gasteiger partial charge in [-0.05, 0) is 32.7 Å². The van der Waals surface area contributed by atoms with E-state index in [1.54, 1.807) is 25.3 Å². The molecule has 2 aromatic rings. The Kier molecular flexibility index (Phi) is 6.76. The highest BCUT2D eigenvalue weighted by Crippen LogP contribution is 2.19. The summed E-state index contributed by atoms with van der Waals surface area (Å²) in [5.41, 5.74) is 1.24. The number of likely N-dealkylation sites (N-methyl/N-ethyl adjacent to an activating group) is 1. The van der Waals surface area contributed by atoms with Crippen LogP contribution >= 0.6 is 11.3 Å². The van der Waals surface area contributed by atoms with E-state index in [4.69, 9.17) is 0 Å². The van der Waals surface area contributed by atoms with Crippen LogP contribution in [-0.2, 0) is 11.3 Å². The fraction of sp³-hybridized carbons (Fsp3) is 0.409. The largest absolute Gasteiger partial charge is 0.308 e. The molecule has 0 bridgehead atoms. The fourth-order valence-electron chi connectivity index (χ4n) is 2.59. The Morgan fingerprint density at radius 2 is 1.86 bits per heavy atom. The van der Waals surface area contributed by atoms with Crippen LogP contribution in [0.2, 0.25) is 0 Å². The second kappa shape index (κ2) is 8.68. The van der Waals surface area contributed by atoms with Gasteiger partial charge >= 0.3 is 0 Å². The number of rotatable bonds is 5. The van der Waals surface area contributed by atoms with Crippen LogP contribution in [0, 0.1) is 23.7 Å². The number of carbonyl (C=O) groups is 1. The van der Waals surface area contributed by atoms with Gasteiger partial charge in [0, 0.05) is 18.5 Å². The molecule has 0 fully saturated rings. The van der Waals surface area contributed by atoms with Crippen LogP contribution in [0.4, 0.5) is 0 Å². The zero-order valence-corrected chi connectivity index (χ0v) is 18.2. The third-order valence-corrected chi connectivity index (χ3v) is 5.42. The first-order valence-electron chi connectivity index (χ1n) is 9.16. The van der Waals surface area contributed by atoms with Crippen LogP contribution < -0.4 is 14.8 Å². The zero-order chi connectivity index (χ0) is 21.1. The summed E-state index contributed by atoms with van der Waals surface area (Å²) < 4.78 is 2.52. The number of aromatic nitrogens is 1. The molecule has 0 unspecified atom stereocenters. The zero-order valence-electron chi connectivity index (χ0n) is 17.4. The van der Waals surface area contributed by atoms with Gasteiger partial charge in [-0.3, -0.25) is 14.2 Å². The summed E-state index contributed by atoms with van der Waals surface area (Å²) in [5, 5.41) is 9.70. The molecule has 2 rings (SSSR count). The van der Waals surface area contributed by atoms with E-state index >= 15 is 0 Å². The van der Waals surface area contributed by atoms with Crippen molar-refractivity contribution in [3.8, 4) is 6.07 Å². The maximum Gasteiger partial charge on any atom is 0.269 e. The van der Waals surface area contributed by atoms with Crippen LogP contribution in [0.15, 0.2) is 29.1 Å². The summed E-state index contributed by atoms with van der Waals surface area (Å²) in [4.78, 5) is 27.8. The number of aryl methyl sites for hydroxylation is 1. The van der Waals surface area contributed by atoms with E-state index in [0.29, 0.717) is 22.3 Å². The Balaban J connectivity index is 2.79. The molecule has 5 nitrogen and oxygen atoms in total. The Morgan fingerprint density at radius 3 is 2.36 bits per heavy atom. The van der Waals surface area contributed by atoms with E-state index in [2.05, 4.69) is 6.07 Å². The van der Waals surface area contributed by atoms with E-state index < -0.39 is 5.41 Å². The summed E-state index contributed by atoms with van der Waals surface area (Å²) in [7, 11) is 3.84. The van der Waals surface area contributed by atoms with Crippen molar-refractivity contribution >= 4 is 28.8 Å². The Labute approximate surface area is 169 Å². The lowest BCUT2D eigenvalue weighted by Crippen LogP contribution is -2.37. The van der Waals surface area contributed by atoms with Gasteiger partial charge in [0.15, 0.2) is 5.78 Å². The molecule has 0 spiro atoms. The van der Waals surface area contributed by atoms with E-state index in [9.17, 15) is 14.9 Å².